The van der Waals surface area contributed by atoms with E-state index in [1.54, 1.807) is 12.1 Å². The Morgan fingerprint density at radius 3 is 2.75 bits per heavy atom. The molecule has 1 aromatic rings. The third-order valence-corrected chi connectivity index (χ3v) is 4.67. The number of halogens is 1. The minimum absolute atomic E-state index is 0.0426. The summed E-state index contributed by atoms with van der Waals surface area (Å²) in [7, 11) is 0. The first-order chi connectivity index (χ1) is 9.45. The van der Waals surface area contributed by atoms with Crippen molar-refractivity contribution in [2.75, 3.05) is 12.8 Å². The first kappa shape index (κ1) is 15.2. The average Bonchev–Trinajstić information content (AvgIpc) is 2.80. The SMILES string of the molecule is CSc1ccc(Cl)c(C(=O)N2CCC(C)C2C(=O)O)c1. The zero-order valence-corrected chi connectivity index (χ0v) is 12.9. The molecule has 0 bridgehead atoms. The van der Waals surface area contributed by atoms with E-state index in [0.29, 0.717) is 23.6 Å². The van der Waals surface area contributed by atoms with Crippen molar-refractivity contribution in [2.24, 2.45) is 5.92 Å². The first-order valence-electron chi connectivity index (χ1n) is 6.33. The van der Waals surface area contributed by atoms with Crippen LogP contribution in [0.25, 0.3) is 0 Å². The number of nitrogens with zero attached hydrogens (tertiary/aromatic N) is 1. The molecule has 1 saturated heterocycles. The van der Waals surface area contributed by atoms with Crippen LogP contribution in [0.2, 0.25) is 5.02 Å². The van der Waals surface area contributed by atoms with Crippen LogP contribution in [-0.2, 0) is 4.79 Å². The normalized spacial score (nSPS) is 22.1. The third kappa shape index (κ3) is 2.79. The molecule has 1 aromatic carbocycles. The van der Waals surface area contributed by atoms with E-state index in [1.807, 2.05) is 19.2 Å². The second-order valence-electron chi connectivity index (χ2n) is 4.89. The van der Waals surface area contributed by atoms with Gasteiger partial charge in [0.25, 0.3) is 5.91 Å². The Labute approximate surface area is 127 Å². The van der Waals surface area contributed by atoms with Gasteiger partial charge < -0.3 is 10.0 Å². The van der Waals surface area contributed by atoms with Gasteiger partial charge in [-0.25, -0.2) is 4.79 Å². The number of rotatable bonds is 3. The predicted octanol–water partition coefficient (Wildman–Crippen LogP) is 3.00. The van der Waals surface area contributed by atoms with Gasteiger partial charge in [0.2, 0.25) is 0 Å². The third-order valence-electron chi connectivity index (χ3n) is 3.62. The van der Waals surface area contributed by atoms with Gasteiger partial charge in [-0.15, -0.1) is 11.8 Å². The summed E-state index contributed by atoms with van der Waals surface area (Å²) in [4.78, 5) is 26.2. The van der Waals surface area contributed by atoms with Gasteiger partial charge in [-0.2, -0.15) is 0 Å². The maximum Gasteiger partial charge on any atom is 0.326 e. The molecule has 4 nitrogen and oxygen atoms in total. The standard InChI is InChI=1S/C14H16ClNO3S/c1-8-5-6-16(12(8)14(18)19)13(17)10-7-9(20-2)3-4-11(10)15/h3-4,7-8,12H,5-6H2,1-2H3,(H,18,19). The number of likely N-dealkylation sites (tertiary alicyclic amines) is 1. The summed E-state index contributed by atoms with van der Waals surface area (Å²) < 4.78 is 0. The molecule has 2 unspecified atom stereocenters. The number of hydrogen-bond donors (Lipinski definition) is 1. The quantitative estimate of drug-likeness (QED) is 0.872. The second-order valence-corrected chi connectivity index (χ2v) is 6.18. The average molecular weight is 314 g/mol. The Kier molecular flexibility index (Phi) is 4.60. The topological polar surface area (TPSA) is 57.6 Å². The smallest absolute Gasteiger partial charge is 0.326 e. The number of hydrogen-bond acceptors (Lipinski definition) is 3. The lowest BCUT2D eigenvalue weighted by atomic mass is 10.0. The fourth-order valence-corrected chi connectivity index (χ4v) is 3.14. The summed E-state index contributed by atoms with van der Waals surface area (Å²) in [5.74, 6) is -1.30. The molecule has 2 atom stereocenters. The van der Waals surface area contributed by atoms with Crippen molar-refractivity contribution in [1.82, 2.24) is 4.90 Å². The molecule has 1 heterocycles. The van der Waals surface area contributed by atoms with Crippen molar-refractivity contribution in [3.63, 3.8) is 0 Å². The lowest BCUT2D eigenvalue weighted by Crippen LogP contribution is -2.42. The fraction of sp³-hybridized carbons (Fsp3) is 0.429. The van der Waals surface area contributed by atoms with Crippen LogP contribution in [-0.4, -0.2) is 40.7 Å². The van der Waals surface area contributed by atoms with Crippen LogP contribution in [0.3, 0.4) is 0 Å². The number of carboxylic acids is 1. The number of carbonyl (C=O) groups excluding carboxylic acids is 1. The first-order valence-corrected chi connectivity index (χ1v) is 7.93. The van der Waals surface area contributed by atoms with Crippen molar-refractivity contribution in [2.45, 2.75) is 24.3 Å². The van der Waals surface area contributed by atoms with Gasteiger partial charge in [0.15, 0.2) is 0 Å². The summed E-state index contributed by atoms with van der Waals surface area (Å²) in [6.07, 6.45) is 2.61. The van der Waals surface area contributed by atoms with Crippen molar-refractivity contribution in [3.8, 4) is 0 Å². The highest BCUT2D eigenvalue weighted by Gasteiger charge is 2.40. The highest BCUT2D eigenvalue weighted by atomic mass is 35.5. The summed E-state index contributed by atoms with van der Waals surface area (Å²) >= 11 is 7.60. The molecule has 0 saturated carbocycles. The Hall–Kier alpha value is -1.20. The van der Waals surface area contributed by atoms with Crippen LogP contribution in [0.1, 0.15) is 23.7 Å². The van der Waals surface area contributed by atoms with E-state index in [4.69, 9.17) is 11.6 Å². The lowest BCUT2D eigenvalue weighted by Gasteiger charge is -2.24. The molecule has 108 valence electrons. The Bertz CT molecular complexity index is 549. The lowest BCUT2D eigenvalue weighted by molar-refractivity contribution is -0.142. The highest BCUT2D eigenvalue weighted by molar-refractivity contribution is 7.98. The highest BCUT2D eigenvalue weighted by Crippen LogP contribution is 2.29. The van der Waals surface area contributed by atoms with E-state index < -0.39 is 12.0 Å². The number of aliphatic carboxylic acids is 1. The molecule has 0 aromatic heterocycles. The molecule has 0 spiro atoms. The minimum atomic E-state index is -0.958. The Morgan fingerprint density at radius 1 is 1.45 bits per heavy atom. The van der Waals surface area contributed by atoms with Crippen molar-refractivity contribution >= 4 is 35.2 Å². The number of carbonyl (C=O) groups is 2. The molecule has 1 N–H and O–H groups in total. The number of carboxylic acid groups (broad SMARTS) is 1. The van der Waals surface area contributed by atoms with Gasteiger partial charge in [-0.3, -0.25) is 4.79 Å². The summed E-state index contributed by atoms with van der Waals surface area (Å²) in [6, 6.07) is 4.47. The van der Waals surface area contributed by atoms with E-state index in [0.717, 1.165) is 4.90 Å². The van der Waals surface area contributed by atoms with E-state index >= 15 is 0 Å². The van der Waals surface area contributed by atoms with Gasteiger partial charge in [-0.05, 0) is 36.8 Å². The molecular weight excluding hydrogens is 298 g/mol. The van der Waals surface area contributed by atoms with Gasteiger partial charge in [0, 0.05) is 11.4 Å². The van der Waals surface area contributed by atoms with Crippen LogP contribution < -0.4 is 0 Å². The van der Waals surface area contributed by atoms with Crippen molar-refractivity contribution < 1.29 is 14.7 Å². The summed E-state index contributed by atoms with van der Waals surface area (Å²) in [5.41, 5.74) is 0.374. The zero-order valence-electron chi connectivity index (χ0n) is 11.3. The molecule has 1 aliphatic rings. The van der Waals surface area contributed by atoms with E-state index in [-0.39, 0.29) is 11.8 Å². The van der Waals surface area contributed by atoms with E-state index in [2.05, 4.69) is 0 Å². The van der Waals surface area contributed by atoms with Crippen LogP contribution in [0.15, 0.2) is 23.1 Å². The molecule has 6 heteroatoms. The second kappa shape index (κ2) is 6.06. The molecule has 0 radical (unpaired) electrons. The number of thioether (sulfide) groups is 1. The number of benzene rings is 1. The van der Waals surface area contributed by atoms with Crippen LogP contribution in [0.4, 0.5) is 0 Å². The fourth-order valence-electron chi connectivity index (χ4n) is 2.50. The molecule has 1 fully saturated rings. The number of amides is 1. The van der Waals surface area contributed by atoms with Crippen LogP contribution in [0.5, 0.6) is 0 Å². The molecule has 1 aliphatic heterocycles. The Balaban J connectivity index is 2.34. The molecule has 1 amide bonds. The van der Waals surface area contributed by atoms with Gasteiger partial charge in [0.1, 0.15) is 6.04 Å². The monoisotopic (exact) mass is 313 g/mol. The molecular formula is C14H16ClNO3S. The maximum absolute atomic E-state index is 12.6. The molecule has 0 aliphatic carbocycles. The van der Waals surface area contributed by atoms with Crippen molar-refractivity contribution in [1.29, 1.82) is 0 Å². The summed E-state index contributed by atoms with van der Waals surface area (Å²) in [5, 5.41) is 9.65. The predicted molar refractivity (Wildman–Crippen MR) is 79.5 cm³/mol. The molecule has 20 heavy (non-hydrogen) atoms. The summed E-state index contributed by atoms with van der Waals surface area (Å²) in [6.45, 7) is 2.31. The van der Waals surface area contributed by atoms with E-state index in [1.165, 1.54) is 16.7 Å². The maximum atomic E-state index is 12.6. The zero-order chi connectivity index (χ0) is 14.9. The van der Waals surface area contributed by atoms with Crippen molar-refractivity contribution in [3.05, 3.63) is 28.8 Å². The molecule has 2 rings (SSSR count). The van der Waals surface area contributed by atoms with Gasteiger partial charge in [-0.1, -0.05) is 18.5 Å². The van der Waals surface area contributed by atoms with E-state index in [9.17, 15) is 14.7 Å². The Morgan fingerprint density at radius 2 is 2.15 bits per heavy atom. The van der Waals surface area contributed by atoms with Crippen LogP contribution >= 0.6 is 23.4 Å². The minimum Gasteiger partial charge on any atom is -0.480 e. The largest absolute Gasteiger partial charge is 0.480 e. The van der Waals surface area contributed by atoms with Gasteiger partial charge >= 0.3 is 5.97 Å². The van der Waals surface area contributed by atoms with Crippen LogP contribution in [0, 0.1) is 5.92 Å². The van der Waals surface area contributed by atoms with Gasteiger partial charge in [0.05, 0.1) is 10.6 Å².